The zero-order chi connectivity index (χ0) is 15.9. The summed E-state index contributed by atoms with van der Waals surface area (Å²) in [4.78, 5) is 12.0. The normalized spacial score (nSPS) is 10.5. The molecule has 0 saturated carbocycles. The molecule has 2 rings (SSSR count). The highest BCUT2D eigenvalue weighted by molar-refractivity contribution is 5.93. The van der Waals surface area contributed by atoms with E-state index in [4.69, 9.17) is 5.11 Å². The fourth-order valence-electron chi connectivity index (χ4n) is 2.14. The molecule has 0 unspecified atom stereocenters. The molecule has 3 N–H and O–H groups in total. The van der Waals surface area contributed by atoms with Crippen molar-refractivity contribution in [3.8, 4) is 0 Å². The summed E-state index contributed by atoms with van der Waals surface area (Å²) in [5.41, 5.74) is 3.64. The van der Waals surface area contributed by atoms with Crippen LogP contribution in [0.1, 0.15) is 30.9 Å². The summed E-state index contributed by atoms with van der Waals surface area (Å²) in [7, 11) is 0. The monoisotopic (exact) mass is 298 g/mol. The van der Waals surface area contributed by atoms with Gasteiger partial charge < -0.3 is 15.7 Å². The first-order valence-corrected chi connectivity index (χ1v) is 7.42. The van der Waals surface area contributed by atoms with Crippen molar-refractivity contribution >= 4 is 17.3 Å². The highest BCUT2D eigenvalue weighted by atomic mass is 16.3. The van der Waals surface area contributed by atoms with E-state index in [9.17, 15) is 4.79 Å². The fraction of sp³-hybridized carbons (Fsp3) is 0.278. The molecule has 0 aliphatic carbocycles. The average molecular weight is 298 g/mol. The molecule has 22 heavy (non-hydrogen) atoms. The summed E-state index contributed by atoms with van der Waals surface area (Å²) in [6, 6.07) is 15.3. The molecule has 0 fully saturated rings. The van der Waals surface area contributed by atoms with E-state index in [-0.39, 0.29) is 19.1 Å². The molecule has 0 heterocycles. The smallest absolute Gasteiger partial charge is 0.243 e. The Balaban J connectivity index is 1.91. The van der Waals surface area contributed by atoms with Gasteiger partial charge in [-0.3, -0.25) is 4.79 Å². The van der Waals surface area contributed by atoms with Crippen LogP contribution in [0.15, 0.2) is 48.5 Å². The minimum absolute atomic E-state index is 0.0102. The predicted molar refractivity (Wildman–Crippen MR) is 90.0 cm³/mol. The van der Waals surface area contributed by atoms with Crippen molar-refractivity contribution in [1.29, 1.82) is 0 Å². The average Bonchev–Trinajstić information content (AvgIpc) is 2.53. The van der Waals surface area contributed by atoms with E-state index < -0.39 is 0 Å². The second-order valence-corrected chi connectivity index (χ2v) is 5.54. The van der Waals surface area contributed by atoms with Gasteiger partial charge in [-0.2, -0.15) is 0 Å². The first-order chi connectivity index (χ1) is 10.6. The Kier molecular flexibility index (Phi) is 5.55. The van der Waals surface area contributed by atoms with Gasteiger partial charge >= 0.3 is 0 Å². The second-order valence-electron chi connectivity index (χ2n) is 5.54. The van der Waals surface area contributed by atoms with Crippen molar-refractivity contribution in [2.24, 2.45) is 0 Å². The number of rotatable bonds is 6. The van der Waals surface area contributed by atoms with E-state index in [2.05, 4.69) is 30.5 Å². The number of hydrogen-bond donors (Lipinski definition) is 3. The lowest BCUT2D eigenvalue weighted by molar-refractivity contribution is -0.114. The minimum atomic E-state index is -0.102. The van der Waals surface area contributed by atoms with Crippen LogP contribution in [-0.4, -0.2) is 17.6 Å². The minimum Gasteiger partial charge on any atom is -0.392 e. The van der Waals surface area contributed by atoms with Crippen LogP contribution in [-0.2, 0) is 11.4 Å². The van der Waals surface area contributed by atoms with Crippen LogP contribution in [0.4, 0.5) is 11.4 Å². The summed E-state index contributed by atoms with van der Waals surface area (Å²) in [5, 5.41) is 15.0. The molecule has 0 aliphatic heterocycles. The summed E-state index contributed by atoms with van der Waals surface area (Å²) >= 11 is 0. The third-order valence-corrected chi connectivity index (χ3v) is 3.40. The fourth-order valence-corrected chi connectivity index (χ4v) is 2.14. The van der Waals surface area contributed by atoms with Crippen molar-refractivity contribution in [1.82, 2.24) is 0 Å². The van der Waals surface area contributed by atoms with Gasteiger partial charge in [-0.1, -0.05) is 38.1 Å². The van der Waals surface area contributed by atoms with E-state index in [1.807, 2.05) is 42.5 Å². The lowest BCUT2D eigenvalue weighted by Crippen LogP contribution is -2.21. The number of carbonyl (C=O) groups is 1. The summed E-state index contributed by atoms with van der Waals surface area (Å²) in [5.74, 6) is 0.325. The molecular formula is C18H22N2O2. The van der Waals surface area contributed by atoms with Crippen LogP contribution in [0, 0.1) is 0 Å². The lowest BCUT2D eigenvalue weighted by Gasteiger charge is -2.11. The molecular weight excluding hydrogens is 276 g/mol. The molecule has 0 aromatic heterocycles. The van der Waals surface area contributed by atoms with E-state index in [1.54, 1.807) is 0 Å². The first-order valence-electron chi connectivity index (χ1n) is 7.42. The number of anilines is 2. The van der Waals surface area contributed by atoms with Crippen LogP contribution in [0.3, 0.4) is 0 Å². The van der Waals surface area contributed by atoms with Gasteiger partial charge in [0.15, 0.2) is 0 Å². The van der Waals surface area contributed by atoms with Crippen molar-refractivity contribution < 1.29 is 9.90 Å². The maximum atomic E-state index is 12.0. The largest absolute Gasteiger partial charge is 0.392 e. The van der Waals surface area contributed by atoms with Gasteiger partial charge in [0.1, 0.15) is 0 Å². The van der Waals surface area contributed by atoms with Crippen molar-refractivity contribution in [3.05, 3.63) is 59.7 Å². The Morgan fingerprint density at radius 1 is 1.09 bits per heavy atom. The zero-order valence-electron chi connectivity index (χ0n) is 13.0. The van der Waals surface area contributed by atoms with Gasteiger partial charge in [0, 0.05) is 11.4 Å². The Hall–Kier alpha value is -2.33. The Morgan fingerprint density at radius 3 is 2.55 bits per heavy atom. The molecule has 0 spiro atoms. The zero-order valence-corrected chi connectivity index (χ0v) is 13.0. The van der Waals surface area contributed by atoms with Gasteiger partial charge in [-0.25, -0.2) is 0 Å². The lowest BCUT2D eigenvalue weighted by atomic mass is 10.0. The van der Waals surface area contributed by atoms with Crippen molar-refractivity contribution in [3.63, 3.8) is 0 Å². The number of nitrogens with one attached hydrogen (secondary N) is 2. The van der Waals surface area contributed by atoms with Crippen LogP contribution in [0.2, 0.25) is 0 Å². The highest BCUT2D eigenvalue weighted by Gasteiger charge is 2.05. The van der Waals surface area contributed by atoms with Crippen LogP contribution >= 0.6 is 0 Å². The Morgan fingerprint density at radius 2 is 1.82 bits per heavy atom. The first kappa shape index (κ1) is 16.0. The predicted octanol–water partition coefficient (Wildman–Crippen LogP) is 3.35. The molecule has 0 radical (unpaired) electrons. The van der Waals surface area contributed by atoms with Crippen molar-refractivity contribution in [2.45, 2.75) is 26.4 Å². The number of carbonyl (C=O) groups excluding carboxylic acids is 1. The highest BCUT2D eigenvalue weighted by Crippen LogP contribution is 2.18. The standard InChI is InChI=1S/C18H22N2O2/c1-13(2)15-6-4-8-17(10-15)20-18(22)11-19-16-7-3-5-14(9-16)12-21/h3-10,13,19,21H,11-12H2,1-2H3,(H,20,22). The number of aliphatic hydroxyl groups is 1. The second kappa shape index (κ2) is 7.61. The molecule has 2 aromatic carbocycles. The molecule has 1 amide bonds. The maximum Gasteiger partial charge on any atom is 0.243 e. The maximum absolute atomic E-state index is 12.0. The van der Waals surface area contributed by atoms with E-state index in [1.165, 1.54) is 5.56 Å². The number of amides is 1. The third kappa shape index (κ3) is 4.60. The number of aliphatic hydroxyl groups excluding tert-OH is 1. The van der Waals surface area contributed by atoms with Gasteiger partial charge in [0.05, 0.1) is 13.2 Å². The molecule has 2 aromatic rings. The van der Waals surface area contributed by atoms with E-state index >= 15 is 0 Å². The van der Waals surface area contributed by atoms with Gasteiger partial charge in [0.25, 0.3) is 0 Å². The molecule has 0 saturated heterocycles. The summed E-state index contributed by atoms with van der Waals surface area (Å²) < 4.78 is 0. The molecule has 0 bridgehead atoms. The van der Waals surface area contributed by atoms with Gasteiger partial charge in [-0.15, -0.1) is 0 Å². The van der Waals surface area contributed by atoms with Gasteiger partial charge in [-0.05, 0) is 41.3 Å². The summed E-state index contributed by atoms with van der Waals surface area (Å²) in [6.45, 7) is 4.41. The third-order valence-electron chi connectivity index (χ3n) is 3.40. The Bertz CT molecular complexity index is 638. The van der Waals surface area contributed by atoms with Gasteiger partial charge in [0.2, 0.25) is 5.91 Å². The Labute approximate surface area is 131 Å². The molecule has 4 heteroatoms. The van der Waals surface area contributed by atoms with E-state index in [0.29, 0.717) is 5.92 Å². The van der Waals surface area contributed by atoms with Crippen LogP contribution in [0.25, 0.3) is 0 Å². The van der Waals surface area contributed by atoms with E-state index in [0.717, 1.165) is 16.9 Å². The number of hydrogen-bond acceptors (Lipinski definition) is 3. The van der Waals surface area contributed by atoms with Crippen LogP contribution < -0.4 is 10.6 Å². The topological polar surface area (TPSA) is 61.4 Å². The quantitative estimate of drug-likeness (QED) is 0.766. The molecule has 0 atom stereocenters. The molecule has 116 valence electrons. The summed E-state index contributed by atoms with van der Waals surface area (Å²) in [6.07, 6.45) is 0. The molecule has 4 nitrogen and oxygen atoms in total. The SMILES string of the molecule is CC(C)c1cccc(NC(=O)CNc2cccc(CO)c2)c1. The molecule has 0 aliphatic rings. The number of benzene rings is 2. The van der Waals surface area contributed by atoms with Crippen LogP contribution in [0.5, 0.6) is 0 Å². The van der Waals surface area contributed by atoms with Crippen molar-refractivity contribution in [2.75, 3.05) is 17.2 Å².